The van der Waals surface area contributed by atoms with E-state index in [1.165, 1.54) is 77.0 Å². The van der Waals surface area contributed by atoms with Crippen molar-refractivity contribution in [3.63, 3.8) is 0 Å². The molecule has 0 aliphatic carbocycles. The van der Waals surface area contributed by atoms with Gasteiger partial charge in [-0.25, -0.2) is 0 Å². The average Bonchev–Trinajstić information content (AvgIpc) is 3.89. The highest BCUT2D eigenvalue weighted by molar-refractivity contribution is 6.26. The topological polar surface area (TPSA) is 13.1 Å². The number of hydrogen-bond donors (Lipinski definition) is 0. The van der Waals surface area contributed by atoms with Crippen molar-refractivity contribution in [2.75, 3.05) is 4.90 Å². The van der Waals surface area contributed by atoms with Gasteiger partial charge in [0.15, 0.2) is 0 Å². The van der Waals surface area contributed by atoms with Gasteiger partial charge in [-0.1, -0.05) is 170 Å². The summed E-state index contributed by atoms with van der Waals surface area (Å²) in [6.07, 6.45) is 0. The number of anilines is 3. The Morgan fingerprint density at radius 3 is 1.32 bits per heavy atom. The van der Waals surface area contributed by atoms with Gasteiger partial charge in [0.1, 0.15) is 0 Å². The van der Waals surface area contributed by atoms with Crippen LogP contribution in [0.3, 0.4) is 0 Å². The molecule has 0 aliphatic rings. The monoisotopic (exact) mass is 803 g/mol. The lowest BCUT2D eigenvalue weighted by molar-refractivity contribution is 1.17. The Bertz CT molecular complexity index is 3570. The van der Waals surface area contributed by atoms with Crippen LogP contribution in [0.25, 0.3) is 88.4 Å². The Morgan fingerprint density at radius 1 is 0.254 bits per heavy atom. The maximum absolute atomic E-state index is 2.47. The van der Waals surface area contributed by atoms with Gasteiger partial charge in [-0.2, -0.15) is 0 Å². The first-order valence-electron chi connectivity index (χ1n) is 21.6. The second-order valence-electron chi connectivity index (χ2n) is 16.2. The molecular formula is C60H41N3. The Kier molecular flexibility index (Phi) is 8.83. The van der Waals surface area contributed by atoms with Crippen LogP contribution < -0.4 is 4.90 Å². The summed E-state index contributed by atoms with van der Waals surface area (Å²) in [5, 5.41) is 4.95. The van der Waals surface area contributed by atoms with Gasteiger partial charge < -0.3 is 14.0 Å². The maximum Gasteiger partial charge on any atom is 0.0641 e. The van der Waals surface area contributed by atoms with Crippen molar-refractivity contribution in [3.05, 3.63) is 249 Å². The van der Waals surface area contributed by atoms with Crippen molar-refractivity contribution in [2.45, 2.75) is 0 Å². The molecule has 0 atom stereocenters. The third kappa shape index (κ3) is 6.29. The molecule has 296 valence electrons. The minimum atomic E-state index is 1.08. The predicted molar refractivity (Wildman–Crippen MR) is 266 cm³/mol. The Labute approximate surface area is 366 Å². The Balaban J connectivity index is 1.02. The first kappa shape index (κ1) is 36.5. The number of aromatic nitrogens is 2. The van der Waals surface area contributed by atoms with E-state index in [9.17, 15) is 0 Å². The molecule has 0 radical (unpaired) electrons. The molecule has 12 rings (SSSR count). The van der Waals surface area contributed by atoms with E-state index in [1.54, 1.807) is 0 Å². The third-order valence-corrected chi connectivity index (χ3v) is 12.5. The lowest BCUT2D eigenvalue weighted by atomic mass is 10.0. The van der Waals surface area contributed by atoms with Crippen molar-refractivity contribution < 1.29 is 0 Å². The number of fused-ring (bicyclic) bond motifs is 7. The maximum atomic E-state index is 2.47. The molecule has 0 bridgehead atoms. The summed E-state index contributed by atoms with van der Waals surface area (Å²) >= 11 is 0. The summed E-state index contributed by atoms with van der Waals surface area (Å²) in [6.45, 7) is 0. The van der Waals surface area contributed by atoms with Crippen molar-refractivity contribution >= 4 is 60.7 Å². The number of nitrogens with zero attached hydrogens (tertiary/aromatic N) is 3. The van der Waals surface area contributed by atoms with Crippen LogP contribution in [-0.4, -0.2) is 9.13 Å². The van der Waals surface area contributed by atoms with Crippen molar-refractivity contribution in [1.82, 2.24) is 9.13 Å². The second kappa shape index (κ2) is 15.3. The molecule has 12 aromatic rings. The lowest BCUT2D eigenvalue weighted by Gasteiger charge is -2.26. The standard InChI is InChI=1S/C60H41N3/c1-4-15-42(16-5-1)45-27-31-48(32-28-45)61(52-22-14-21-47(41-52)44-19-8-3-9-20-44)49-35-37-51(38-36-49)63-56-25-12-10-23-53(56)54-39-40-58-59(60(54)63)55-24-11-13-26-57(55)62(58)50-33-29-46(30-34-50)43-17-6-2-7-18-43/h1-41H. The summed E-state index contributed by atoms with van der Waals surface area (Å²) in [4.78, 5) is 2.37. The summed E-state index contributed by atoms with van der Waals surface area (Å²) in [5.41, 5.74) is 17.5. The molecule has 10 aromatic carbocycles. The number of hydrogen-bond acceptors (Lipinski definition) is 1. The largest absolute Gasteiger partial charge is 0.310 e. The molecule has 0 amide bonds. The van der Waals surface area contributed by atoms with Crippen LogP contribution in [0.1, 0.15) is 0 Å². The van der Waals surface area contributed by atoms with Gasteiger partial charge in [0.05, 0.1) is 22.1 Å². The fourth-order valence-electron chi connectivity index (χ4n) is 9.58. The van der Waals surface area contributed by atoms with Gasteiger partial charge in [-0.3, -0.25) is 0 Å². The highest BCUT2D eigenvalue weighted by Gasteiger charge is 2.21. The number of para-hydroxylation sites is 2. The van der Waals surface area contributed by atoms with E-state index in [0.29, 0.717) is 0 Å². The second-order valence-corrected chi connectivity index (χ2v) is 16.2. The van der Waals surface area contributed by atoms with E-state index in [1.807, 2.05) is 0 Å². The van der Waals surface area contributed by atoms with E-state index in [2.05, 4.69) is 263 Å². The van der Waals surface area contributed by atoms with Crippen molar-refractivity contribution in [2.24, 2.45) is 0 Å². The third-order valence-electron chi connectivity index (χ3n) is 12.5. The quantitative estimate of drug-likeness (QED) is 0.149. The molecule has 0 fully saturated rings. The molecular weight excluding hydrogens is 763 g/mol. The van der Waals surface area contributed by atoms with Gasteiger partial charge in [0.2, 0.25) is 0 Å². The van der Waals surface area contributed by atoms with Crippen LogP contribution in [-0.2, 0) is 0 Å². The molecule has 0 N–H and O–H groups in total. The summed E-state index contributed by atoms with van der Waals surface area (Å²) in [7, 11) is 0. The molecule has 2 aromatic heterocycles. The Morgan fingerprint density at radius 2 is 0.698 bits per heavy atom. The van der Waals surface area contributed by atoms with E-state index >= 15 is 0 Å². The number of rotatable bonds is 8. The Hall–Kier alpha value is -8.40. The summed E-state index contributed by atoms with van der Waals surface area (Å²) in [5.74, 6) is 0. The van der Waals surface area contributed by atoms with Crippen LogP contribution in [0, 0.1) is 0 Å². The van der Waals surface area contributed by atoms with Gasteiger partial charge in [0.25, 0.3) is 0 Å². The van der Waals surface area contributed by atoms with Gasteiger partial charge >= 0.3 is 0 Å². The zero-order valence-electron chi connectivity index (χ0n) is 34.5. The first-order valence-corrected chi connectivity index (χ1v) is 21.6. The highest BCUT2D eigenvalue weighted by Crippen LogP contribution is 2.43. The molecule has 0 unspecified atom stereocenters. The molecule has 0 aliphatic heterocycles. The van der Waals surface area contributed by atoms with Crippen molar-refractivity contribution in [1.29, 1.82) is 0 Å². The van der Waals surface area contributed by atoms with Gasteiger partial charge in [-0.05, 0) is 112 Å². The normalized spacial score (nSPS) is 11.5. The van der Waals surface area contributed by atoms with Crippen LogP contribution in [0.5, 0.6) is 0 Å². The summed E-state index contributed by atoms with van der Waals surface area (Å²) < 4.78 is 4.90. The van der Waals surface area contributed by atoms with Crippen LogP contribution in [0.4, 0.5) is 17.1 Å². The highest BCUT2D eigenvalue weighted by atomic mass is 15.1. The molecule has 3 heteroatoms. The minimum absolute atomic E-state index is 1.08. The van der Waals surface area contributed by atoms with Crippen LogP contribution in [0.2, 0.25) is 0 Å². The zero-order chi connectivity index (χ0) is 41.7. The van der Waals surface area contributed by atoms with E-state index in [0.717, 1.165) is 28.4 Å². The molecule has 0 saturated heterocycles. The van der Waals surface area contributed by atoms with Crippen molar-refractivity contribution in [3.8, 4) is 44.8 Å². The van der Waals surface area contributed by atoms with E-state index in [4.69, 9.17) is 0 Å². The minimum Gasteiger partial charge on any atom is -0.310 e. The van der Waals surface area contributed by atoms with Crippen LogP contribution in [0.15, 0.2) is 249 Å². The molecule has 0 spiro atoms. The van der Waals surface area contributed by atoms with E-state index < -0.39 is 0 Å². The average molecular weight is 804 g/mol. The van der Waals surface area contributed by atoms with Gasteiger partial charge in [-0.15, -0.1) is 0 Å². The molecule has 0 saturated carbocycles. The predicted octanol–water partition coefficient (Wildman–Crippen LogP) is 16.4. The summed E-state index contributed by atoms with van der Waals surface area (Å²) in [6, 6.07) is 90.0. The smallest absolute Gasteiger partial charge is 0.0641 e. The molecule has 3 nitrogen and oxygen atoms in total. The fraction of sp³-hybridized carbons (Fsp3) is 0. The first-order chi connectivity index (χ1) is 31.3. The SMILES string of the molecule is c1ccc(-c2ccc(N(c3ccc(-n4c5ccccc5c5ccc6c(c7ccccc7n6-c6ccc(-c7ccccc7)cc6)c54)cc3)c3cccc(-c4ccccc4)c3)cc2)cc1. The fourth-order valence-corrected chi connectivity index (χ4v) is 9.58. The van der Waals surface area contributed by atoms with Gasteiger partial charge in [0, 0.05) is 50.0 Å². The van der Waals surface area contributed by atoms with Crippen LogP contribution >= 0.6 is 0 Å². The zero-order valence-corrected chi connectivity index (χ0v) is 34.5. The molecule has 63 heavy (non-hydrogen) atoms. The molecule has 2 heterocycles. The van der Waals surface area contributed by atoms with E-state index in [-0.39, 0.29) is 0 Å². The number of benzene rings is 10. The lowest BCUT2D eigenvalue weighted by Crippen LogP contribution is -2.10.